The molecule has 2 rings (SSSR count). The van der Waals surface area contributed by atoms with E-state index in [4.69, 9.17) is 5.26 Å². The number of nitrogens with one attached hydrogen (secondary N) is 1. The molecule has 5 heteroatoms. The van der Waals surface area contributed by atoms with Gasteiger partial charge in [-0.25, -0.2) is 9.97 Å². The van der Waals surface area contributed by atoms with Gasteiger partial charge in [-0.05, 0) is 12.0 Å². The van der Waals surface area contributed by atoms with Crippen molar-refractivity contribution in [3.05, 3.63) is 17.5 Å². The van der Waals surface area contributed by atoms with E-state index in [0.717, 1.165) is 31.9 Å². The number of piperazine rings is 1. The summed E-state index contributed by atoms with van der Waals surface area (Å²) in [5.74, 6) is 1.00. The van der Waals surface area contributed by atoms with Crippen LogP contribution >= 0.6 is 0 Å². The molecule has 17 heavy (non-hydrogen) atoms. The number of nitrogens with zero attached hydrogens (tertiary/aromatic N) is 4. The van der Waals surface area contributed by atoms with Gasteiger partial charge < -0.3 is 10.2 Å². The molecule has 1 N–H and O–H groups in total. The smallest absolute Gasteiger partial charge is 0.226 e. The fourth-order valence-electron chi connectivity index (χ4n) is 1.81. The molecule has 0 bridgehead atoms. The van der Waals surface area contributed by atoms with Crippen molar-refractivity contribution in [1.29, 1.82) is 5.26 Å². The van der Waals surface area contributed by atoms with E-state index >= 15 is 0 Å². The minimum absolute atomic E-state index is 0.312. The highest BCUT2D eigenvalue weighted by atomic mass is 15.3. The summed E-state index contributed by atoms with van der Waals surface area (Å²) in [5.41, 5.74) is 1.39. The first-order chi connectivity index (χ1) is 8.20. The lowest BCUT2D eigenvalue weighted by Gasteiger charge is -2.27. The Morgan fingerprint density at radius 1 is 1.35 bits per heavy atom. The molecular formula is C12H17N5. The van der Waals surface area contributed by atoms with Gasteiger partial charge in [-0.15, -0.1) is 0 Å². The van der Waals surface area contributed by atoms with Crippen LogP contribution in [0.5, 0.6) is 0 Å². The van der Waals surface area contributed by atoms with Crippen LogP contribution in [0.3, 0.4) is 0 Å². The summed E-state index contributed by atoms with van der Waals surface area (Å²) in [6.45, 7) is 7.82. The zero-order valence-corrected chi connectivity index (χ0v) is 10.3. The molecule has 0 spiro atoms. The molecule has 0 atom stereocenters. The Hall–Kier alpha value is -1.67. The lowest BCUT2D eigenvalue weighted by molar-refractivity contribution is 0.577. The van der Waals surface area contributed by atoms with Crippen molar-refractivity contribution in [3.8, 4) is 6.07 Å². The molecule has 1 saturated heterocycles. The van der Waals surface area contributed by atoms with Crippen LogP contribution in [0.2, 0.25) is 0 Å². The van der Waals surface area contributed by atoms with Crippen molar-refractivity contribution in [3.63, 3.8) is 0 Å². The van der Waals surface area contributed by atoms with Crippen molar-refractivity contribution in [2.45, 2.75) is 19.8 Å². The number of anilines is 1. The summed E-state index contributed by atoms with van der Waals surface area (Å²) in [6, 6.07) is 3.88. The van der Waals surface area contributed by atoms with Gasteiger partial charge in [0.25, 0.3) is 0 Å². The number of hydrogen-bond acceptors (Lipinski definition) is 5. The summed E-state index contributed by atoms with van der Waals surface area (Å²) in [7, 11) is 0. The van der Waals surface area contributed by atoms with E-state index in [0.29, 0.717) is 17.6 Å². The van der Waals surface area contributed by atoms with Crippen LogP contribution in [0.15, 0.2) is 6.07 Å². The molecule has 0 radical (unpaired) electrons. The van der Waals surface area contributed by atoms with Gasteiger partial charge in [0.05, 0.1) is 0 Å². The molecule has 1 fully saturated rings. The predicted octanol–water partition coefficient (Wildman–Crippen LogP) is 0.881. The molecule has 0 saturated carbocycles. The van der Waals surface area contributed by atoms with E-state index in [1.165, 1.54) is 0 Å². The zero-order chi connectivity index (χ0) is 12.3. The summed E-state index contributed by atoms with van der Waals surface area (Å²) >= 11 is 0. The molecule has 0 amide bonds. The monoisotopic (exact) mass is 231 g/mol. The average Bonchev–Trinajstić information content (AvgIpc) is 2.39. The van der Waals surface area contributed by atoms with Gasteiger partial charge in [0, 0.05) is 31.9 Å². The molecule has 0 unspecified atom stereocenters. The number of nitriles is 1. The third-order valence-corrected chi connectivity index (χ3v) is 2.84. The first kappa shape index (κ1) is 11.8. The van der Waals surface area contributed by atoms with Gasteiger partial charge in [-0.1, -0.05) is 13.8 Å². The van der Waals surface area contributed by atoms with E-state index in [-0.39, 0.29) is 0 Å². The SMILES string of the molecule is CC(C)c1cc(C#N)nc(N2CCNCC2)n1. The van der Waals surface area contributed by atoms with Crippen LogP contribution in [-0.2, 0) is 0 Å². The molecule has 5 nitrogen and oxygen atoms in total. The second-order valence-electron chi connectivity index (χ2n) is 4.48. The lowest BCUT2D eigenvalue weighted by atomic mass is 10.1. The van der Waals surface area contributed by atoms with Crippen LogP contribution in [0.25, 0.3) is 0 Å². The first-order valence-corrected chi connectivity index (χ1v) is 5.95. The fraction of sp³-hybridized carbons (Fsp3) is 0.583. The Labute approximate surface area is 101 Å². The number of aromatic nitrogens is 2. The Morgan fingerprint density at radius 3 is 2.65 bits per heavy atom. The highest BCUT2D eigenvalue weighted by Crippen LogP contribution is 2.17. The van der Waals surface area contributed by atoms with Crippen molar-refractivity contribution in [2.75, 3.05) is 31.1 Å². The highest BCUT2D eigenvalue weighted by molar-refractivity contribution is 5.37. The largest absolute Gasteiger partial charge is 0.338 e. The summed E-state index contributed by atoms with van der Waals surface area (Å²) in [4.78, 5) is 11.0. The standard InChI is InChI=1S/C12H17N5/c1-9(2)11-7-10(8-13)15-12(16-11)17-5-3-14-4-6-17/h7,9,14H,3-6H2,1-2H3. The Morgan fingerprint density at radius 2 is 2.06 bits per heavy atom. The quantitative estimate of drug-likeness (QED) is 0.818. The van der Waals surface area contributed by atoms with Gasteiger partial charge in [-0.2, -0.15) is 5.26 Å². The number of hydrogen-bond donors (Lipinski definition) is 1. The average molecular weight is 231 g/mol. The van der Waals surface area contributed by atoms with Crippen LogP contribution in [-0.4, -0.2) is 36.1 Å². The third kappa shape index (κ3) is 2.71. The normalized spacial score (nSPS) is 16.0. The van der Waals surface area contributed by atoms with Gasteiger partial charge in [0.2, 0.25) is 5.95 Å². The zero-order valence-electron chi connectivity index (χ0n) is 10.3. The molecule has 1 aromatic heterocycles. The van der Waals surface area contributed by atoms with Crippen molar-refractivity contribution in [2.24, 2.45) is 0 Å². The molecule has 2 heterocycles. The summed E-state index contributed by atoms with van der Waals surface area (Å²) in [5, 5.41) is 12.3. The van der Waals surface area contributed by atoms with Gasteiger partial charge >= 0.3 is 0 Å². The fourth-order valence-corrected chi connectivity index (χ4v) is 1.81. The van der Waals surface area contributed by atoms with E-state index in [1.807, 2.05) is 0 Å². The Kier molecular flexibility index (Phi) is 3.55. The lowest BCUT2D eigenvalue weighted by Crippen LogP contribution is -2.44. The maximum Gasteiger partial charge on any atom is 0.226 e. The third-order valence-electron chi connectivity index (χ3n) is 2.84. The highest BCUT2D eigenvalue weighted by Gasteiger charge is 2.15. The second-order valence-corrected chi connectivity index (χ2v) is 4.48. The van der Waals surface area contributed by atoms with Crippen LogP contribution in [0.1, 0.15) is 31.2 Å². The Balaban J connectivity index is 2.32. The molecular weight excluding hydrogens is 214 g/mol. The van der Waals surface area contributed by atoms with Gasteiger partial charge in [-0.3, -0.25) is 0 Å². The minimum atomic E-state index is 0.312. The summed E-state index contributed by atoms with van der Waals surface area (Å²) < 4.78 is 0. The van der Waals surface area contributed by atoms with Crippen molar-refractivity contribution >= 4 is 5.95 Å². The second kappa shape index (κ2) is 5.11. The van der Waals surface area contributed by atoms with E-state index in [9.17, 15) is 0 Å². The van der Waals surface area contributed by atoms with Gasteiger partial charge in [0.1, 0.15) is 11.8 Å². The molecule has 1 aliphatic rings. The molecule has 0 aliphatic carbocycles. The first-order valence-electron chi connectivity index (χ1n) is 5.95. The van der Waals surface area contributed by atoms with Crippen LogP contribution in [0.4, 0.5) is 5.95 Å². The molecule has 0 aromatic carbocycles. The maximum absolute atomic E-state index is 9.00. The van der Waals surface area contributed by atoms with Gasteiger partial charge in [0.15, 0.2) is 0 Å². The van der Waals surface area contributed by atoms with Crippen molar-refractivity contribution < 1.29 is 0 Å². The van der Waals surface area contributed by atoms with E-state index in [1.54, 1.807) is 6.07 Å². The topological polar surface area (TPSA) is 64.8 Å². The van der Waals surface area contributed by atoms with Crippen molar-refractivity contribution in [1.82, 2.24) is 15.3 Å². The molecule has 1 aliphatic heterocycles. The Bertz CT molecular complexity index is 429. The van der Waals surface area contributed by atoms with E-state index in [2.05, 4.69) is 40.1 Å². The van der Waals surface area contributed by atoms with Crippen LogP contribution < -0.4 is 10.2 Å². The molecule has 1 aromatic rings. The summed E-state index contributed by atoms with van der Waals surface area (Å²) in [6.07, 6.45) is 0. The minimum Gasteiger partial charge on any atom is -0.338 e. The van der Waals surface area contributed by atoms with E-state index < -0.39 is 0 Å². The predicted molar refractivity (Wildman–Crippen MR) is 65.9 cm³/mol. The molecule has 90 valence electrons. The number of rotatable bonds is 2. The van der Waals surface area contributed by atoms with Crippen LogP contribution in [0, 0.1) is 11.3 Å². The maximum atomic E-state index is 9.00.